The van der Waals surface area contributed by atoms with Crippen molar-refractivity contribution >= 4 is 0 Å². The molecule has 82 valence electrons. The molecule has 1 nitrogen and oxygen atoms in total. The van der Waals surface area contributed by atoms with Crippen molar-refractivity contribution in [2.75, 3.05) is 6.61 Å². The summed E-state index contributed by atoms with van der Waals surface area (Å²) in [5.41, 5.74) is 0. The molecule has 0 N–H and O–H groups in total. The second-order valence-electron chi connectivity index (χ2n) is 5.53. The van der Waals surface area contributed by atoms with E-state index in [-0.39, 0.29) is 0 Å². The van der Waals surface area contributed by atoms with Crippen molar-refractivity contribution in [2.24, 2.45) is 23.7 Å². The van der Waals surface area contributed by atoms with Crippen LogP contribution in [0.15, 0.2) is 0 Å². The first kappa shape index (κ1) is 10.5. The fourth-order valence-electron chi connectivity index (χ4n) is 3.28. The Labute approximate surface area is 88.2 Å². The van der Waals surface area contributed by atoms with E-state index in [1.165, 1.54) is 25.7 Å². The first-order valence-corrected chi connectivity index (χ1v) is 6.34. The fourth-order valence-corrected chi connectivity index (χ4v) is 3.28. The quantitative estimate of drug-likeness (QED) is 0.671. The third kappa shape index (κ3) is 1.84. The van der Waals surface area contributed by atoms with Crippen LogP contribution in [0, 0.1) is 23.7 Å². The predicted octanol–water partition coefficient (Wildman–Crippen LogP) is 3.48. The van der Waals surface area contributed by atoms with Crippen LogP contribution in [0.4, 0.5) is 0 Å². The Hall–Kier alpha value is -0.0400. The highest BCUT2D eigenvalue weighted by atomic mass is 16.5. The highest BCUT2D eigenvalue weighted by Crippen LogP contribution is 2.45. The normalized spacial score (nSPS) is 43.9. The van der Waals surface area contributed by atoms with Crippen LogP contribution in [0.1, 0.15) is 46.5 Å². The molecule has 0 bridgehead atoms. The van der Waals surface area contributed by atoms with Gasteiger partial charge >= 0.3 is 0 Å². The van der Waals surface area contributed by atoms with Gasteiger partial charge in [0.05, 0.1) is 12.7 Å². The van der Waals surface area contributed by atoms with Crippen molar-refractivity contribution in [2.45, 2.75) is 52.6 Å². The van der Waals surface area contributed by atoms with Crippen LogP contribution in [0.25, 0.3) is 0 Å². The van der Waals surface area contributed by atoms with E-state index in [1.54, 1.807) is 0 Å². The van der Waals surface area contributed by atoms with E-state index in [9.17, 15) is 0 Å². The minimum absolute atomic E-state index is 0.615. The highest BCUT2D eigenvalue weighted by molar-refractivity contribution is 4.92. The number of rotatable bonds is 3. The molecule has 14 heavy (non-hydrogen) atoms. The maximum Gasteiger partial charge on any atom is 0.0632 e. The molecule has 0 radical (unpaired) electrons. The summed E-state index contributed by atoms with van der Waals surface area (Å²) < 4.78 is 5.95. The maximum absolute atomic E-state index is 5.95. The lowest BCUT2D eigenvalue weighted by atomic mass is 9.84. The van der Waals surface area contributed by atoms with Crippen molar-refractivity contribution in [1.82, 2.24) is 0 Å². The van der Waals surface area contributed by atoms with Gasteiger partial charge in [-0.25, -0.2) is 0 Å². The molecule has 2 rings (SSSR count). The van der Waals surface area contributed by atoms with Gasteiger partial charge in [-0.05, 0) is 42.9 Å². The summed E-state index contributed by atoms with van der Waals surface area (Å²) in [5.74, 6) is 3.49. The minimum Gasteiger partial charge on any atom is -0.377 e. The second kappa shape index (κ2) is 4.22. The van der Waals surface area contributed by atoms with Gasteiger partial charge in [0.1, 0.15) is 0 Å². The summed E-state index contributed by atoms with van der Waals surface area (Å²) >= 11 is 0. The molecular weight excluding hydrogens is 172 g/mol. The first-order chi connectivity index (χ1) is 6.72. The molecule has 5 unspecified atom stereocenters. The molecule has 1 aliphatic heterocycles. The maximum atomic E-state index is 5.95. The molecule has 2 aliphatic rings. The van der Waals surface area contributed by atoms with Crippen molar-refractivity contribution in [3.05, 3.63) is 0 Å². The van der Waals surface area contributed by atoms with Crippen LogP contribution in [0.3, 0.4) is 0 Å². The number of hydrogen-bond acceptors (Lipinski definition) is 1. The van der Waals surface area contributed by atoms with E-state index in [4.69, 9.17) is 4.74 Å². The predicted molar refractivity (Wildman–Crippen MR) is 59.2 cm³/mol. The third-order valence-electron chi connectivity index (χ3n) is 4.45. The molecule has 0 spiro atoms. The largest absolute Gasteiger partial charge is 0.377 e. The van der Waals surface area contributed by atoms with Crippen molar-refractivity contribution in [3.63, 3.8) is 0 Å². The van der Waals surface area contributed by atoms with Gasteiger partial charge < -0.3 is 4.74 Å². The smallest absolute Gasteiger partial charge is 0.0632 e. The van der Waals surface area contributed by atoms with Crippen LogP contribution in [0.2, 0.25) is 0 Å². The second-order valence-corrected chi connectivity index (χ2v) is 5.53. The van der Waals surface area contributed by atoms with Crippen molar-refractivity contribution in [3.8, 4) is 0 Å². The molecule has 0 amide bonds. The number of ether oxygens (including phenoxy) is 1. The minimum atomic E-state index is 0.615. The average molecular weight is 196 g/mol. The Kier molecular flexibility index (Phi) is 3.16. The van der Waals surface area contributed by atoms with E-state index in [0.717, 1.165) is 30.3 Å². The van der Waals surface area contributed by atoms with Crippen molar-refractivity contribution in [1.29, 1.82) is 0 Å². The monoisotopic (exact) mass is 196 g/mol. The standard InChI is InChI=1S/C13H24O/c1-4-9(2)7-11-8-14-13-10(3)5-6-12(11)13/h9-13H,4-8H2,1-3H3. The van der Waals surface area contributed by atoms with Crippen LogP contribution < -0.4 is 0 Å². The SMILES string of the molecule is CCC(C)CC1COC2C(C)CCC12. The van der Waals surface area contributed by atoms with Gasteiger partial charge in [0.2, 0.25) is 0 Å². The van der Waals surface area contributed by atoms with E-state index >= 15 is 0 Å². The first-order valence-electron chi connectivity index (χ1n) is 6.34. The van der Waals surface area contributed by atoms with E-state index in [0.29, 0.717) is 6.10 Å². The molecule has 1 heterocycles. The topological polar surface area (TPSA) is 9.23 Å². The summed E-state index contributed by atoms with van der Waals surface area (Å²) in [7, 11) is 0. The van der Waals surface area contributed by atoms with Crippen LogP contribution in [-0.4, -0.2) is 12.7 Å². The average Bonchev–Trinajstić information content (AvgIpc) is 2.72. The lowest BCUT2D eigenvalue weighted by molar-refractivity contribution is 0.0700. The van der Waals surface area contributed by atoms with Crippen LogP contribution in [0.5, 0.6) is 0 Å². The Bertz CT molecular complexity index is 190. The molecule has 0 aromatic rings. The summed E-state index contributed by atoms with van der Waals surface area (Å²) in [4.78, 5) is 0. The summed E-state index contributed by atoms with van der Waals surface area (Å²) in [5, 5.41) is 0. The Morgan fingerprint density at radius 2 is 2.14 bits per heavy atom. The Morgan fingerprint density at radius 1 is 1.36 bits per heavy atom. The van der Waals surface area contributed by atoms with Gasteiger partial charge in [0.15, 0.2) is 0 Å². The van der Waals surface area contributed by atoms with E-state index < -0.39 is 0 Å². The molecule has 2 fully saturated rings. The molecule has 1 heteroatoms. The van der Waals surface area contributed by atoms with Crippen LogP contribution >= 0.6 is 0 Å². The van der Waals surface area contributed by atoms with E-state index in [1.807, 2.05) is 0 Å². The molecule has 1 aliphatic carbocycles. The van der Waals surface area contributed by atoms with Gasteiger partial charge in [-0.2, -0.15) is 0 Å². The molecule has 0 aromatic carbocycles. The highest BCUT2D eigenvalue weighted by Gasteiger charge is 2.44. The molecule has 0 aromatic heterocycles. The number of hydrogen-bond donors (Lipinski definition) is 0. The van der Waals surface area contributed by atoms with Gasteiger partial charge in [-0.15, -0.1) is 0 Å². The Balaban J connectivity index is 1.90. The number of fused-ring (bicyclic) bond motifs is 1. The fraction of sp³-hybridized carbons (Fsp3) is 1.00. The lowest BCUT2D eigenvalue weighted by Gasteiger charge is -2.19. The van der Waals surface area contributed by atoms with E-state index in [2.05, 4.69) is 20.8 Å². The third-order valence-corrected chi connectivity index (χ3v) is 4.45. The Morgan fingerprint density at radius 3 is 2.86 bits per heavy atom. The lowest BCUT2D eigenvalue weighted by Crippen LogP contribution is -2.19. The molecule has 1 saturated carbocycles. The van der Waals surface area contributed by atoms with Crippen LogP contribution in [-0.2, 0) is 4.74 Å². The van der Waals surface area contributed by atoms with Gasteiger partial charge in [-0.1, -0.05) is 27.2 Å². The van der Waals surface area contributed by atoms with Gasteiger partial charge in [0.25, 0.3) is 0 Å². The zero-order valence-electron chi connectivity index (χ0n) is 9.83. The summed E-state index contributed by atoms with van der Waals surface area (Å²) in [6.45, 7) is 8.08. The van der Waals surface area contributed by atoms with Crippen molar-refractivity contribution < 1.29 is 4.74 Å². The molecular formula is C13H24O. The van der Waals surface area contributed by atoms with Gasteiger partial charge in [0, 0.05) is 0 Å². The zero-order chi connectivity index (χ0) is 10.1. The molecule has 5 atom stereocenters. The summed E-state index contributed by atoms with van der Waals surface area (Å²) in [6, 6.07) is 0. The van der Waals surface area contributed by atoms with Gasteiger partial charge in [-0.3, -0.25) is 0 Å². The molecule has 1 saturated heterocycles. The summed E-state index contributed by atoms with van der Waals surface area (Å²) in [6.07, 6.45) is 6.15. The zero-order valence-corrected chi connectivity index (χ0v) is 9.83.